The normalized spacial score (nSPS) is 15.7. The van der Waals surface area contributed by atoms with Crippen molar-refractivity contribution in [2.45, 2.75) is 12.8 Å². The summed E-state index contributed by atoms with van der Waals surface area (Å²) in [6.45, 7) is 3.80. The Morgan fingerprint density at radius 1 is 1.05 bits per heavy atom. The van der Waals surface area contributed by atoms with Gasteiger partial charge >= 0.3 is 0 Å². The Kier molecular flexibility index (Phi) is 3.27. The lowest BCUT2D eigenvalue weighted by atomic mass is 9.93. The van der Waals surface area contributed by atoms with Crippen molar-refractivity contribution in [1.29, 1.82) is 0 Å². The topological polar surface area (TPSA) is 37.3 Å². The third kappa shape index (κ3) is 2.50. The van der Waals surface area contributed by atoms with E-state index < -0.39 is 0 Å². The SMILES string of the molecule is Cc1cccc(C(C2=NCCN2)c2ccccc2)n1. The highest BCUT2D eigenvalue weighted by Gasteiger charge is 2.23. The summed E-state index contributed by atoms with van der Waals surface area (Å²) in [5, 5.41) is 3.38. The fourth-order valence-electron chi connectivity index (χ4n) is 2.45. The molecule has 0 aliphatic carbocycles. The van der Waals surface area contributed by atoms with E-state index in [1.54, 1.807) is 0 Å². The van der Waals surface area contributed by atoms with Crippen LogP contribution < -0.4 is 5.32 Å². The van der Waals surface area contributed by atoms with Crippen LogP contribution in [0, 0.1) is 6.92 Å². The summed E-state index contributed by atoms with van der Waals surface area (Å²) in [7, 11) is 0. The maximum Gasteiger partial charge on any atom is 0.110 e. The van der Waals surface area contributed by atoms with E-state index in [0.717, 1.165) is 30.3 Å². The van der Waals surface area contributed by atoms with E-state index in [4.69, 9.17) is 0 Å². The summed E-state index contributed by atoms with van der Waals surface area (Å²) in [6, 6.07) is 16.6. The van der Waals surface area contributed by atoms with Gasteiger partial charge in [0.05, 0.1) is 18.2 Å². The number of nitrogens with zero attached hydrogens (tertiary/aromatic N) is 2. The molecular formula is C16H17N3. The van der Waals surface area contributed by atoms with Crippen LogP contribution in [-0.4, -0.2) is 23.9 Å². The molecule has 96 valence electrons. The zero-order valence-electron chi connectivity index (χ0n) is 11.0. The molecule has 2 aromatic rings. The first-order valence-electron chi connectivity index (χ1n) is 6.61. The Morgan fingerprint density at radius 2 is 1.89 bits per heavy atom. The second-order valence-electron chi connectivity index (χ2n) is 4.74. The van der Waals surface area contributed by atoms with Crippen LogP contribution in [0.4, 0.5) is 0 Å². The predicted octanol–water partition coefficient (Wildman–Crippen LogP) is 2.52. The van der Waals surface area contributed by atoms with Gasteiger partial charge in [-0.2, -0.15) is 0 Å². The number of nitrogens with one attached hydrogen (secondary N) is 1. The Labute approximate surface area is 113 Å². The maximum absolute atomic E-state index is 4.67. The minimum atomic E-state index is 0.114. The van der Waals surface area contributed by atoms with Crippen molar-refractivity contribution in [3.05, 3.63) is 65.5 Å². The molecule has 3 heteroatoms. The number of hydrogen-bond acceptors (Lipinski definition) is 3. The second kappa shape index (κ2) is 5.22. The van der Waals surface area contributed by atoms with Crippen molar-refractivity contribution < 1.29 is 0 Å². The molecule has 0 spiro atoms. The van der Waals surface area contributed by atoms with Gasteiger partial charge in [-0.25, -0.2) is 0 Å². The summed E-state index contributed by atoms with van der Waals surface area (Å²) < 4.78 is 0. The Bertz CT molecular complexity index is 590. The monoisotopic (exact) mass is 251 g/mol. The zero-order chi connectivity index (χ0) is 13.1. The van der Waals surface area contributed by atoms with Gasteiger partial charge in [-0.3, -0.25) is 9.98 Å². The van der Waals surface area contributed by atoms with Crippen LogP contribution in [0.25, 0.3) is 0 Å². The van der Waals surface area contributed by atoms with Gasteiger partial charge in [0.25, 0.3) is 0 Å². The van der Waals surface area contributed by atoms with Gasteiger partial charge in [0.2, 0.25) is 0 Å². The number of hydrogen-bond donors (Lipinski definition) is 1. The van der Waals surface area contributed by atoms with Gasteiger partial charge in [0.1, 0.15) is 5.84 Å². The maximum atomic E-state index is 4.67. The molecule has 1 unspecified atom stereocenters. The molecule has 1 aliphatic rings. The van der Waals surface area contributed by atoms with E-state index in [2.05, 4.69) is 51.7 Å². The van der Waals surface area contributed by atoms with E-state index >= 15 is 0 Å². The molecular weight excluding hydrogens is 234 g/mol. The lowest BCUT2D eigenvalue weighted by molar-refractivity contribution is 0.911. The quantitative estimate of drug-likeness (QED) is 0.910. The molecule has 0 saturated carbocycles. The zero-order valence-corrected chi connectivity index (χ0v) is 11.0. The van der Waals surface area contributed by atoms with Crippen LogP contribution in [0.1, 0.15) is 22.9 Å². The first kappa shape index (κ1) is 11.9. The highest BCUT2D eigenvalue weighted by Crippen LogP contribution is 2.25. The number of pyridine rings is 1. The number of aromatic nitrogens is 1. The van der Waals surface area contributed by atoms with Crippen molar-refractivity contribution in [2.75, 3.05) is 13.1 Å². The number of aliphatic imine (C=N–C) groups is 1. The molecule has 1 aliphatic heterocycles. The van der Waals surface area contributed by atoms with Crippen molar-refractivity contribution >= 4 is 5.84 Å². The van der Waals surface area contributed by atoms with Crippen LogP contribution in [0.5, 0.6) is 0 Å². The Hall–Kier alpha value is -2.16. The molecule has 0 amide bonds. The number of rotatable bonds is 3. The predicted molar refractivity (Wildman–Crippen MR) is 77.6 cm³/mol. The fraction of sp³-hybridized carbons (Fsp3) is 0.250. The number of benzene rings is 1. The third-order valence-electron chi connectivity index (χ3n) is 3.31. The highest BCUT2D eigenvalue weighted by atomic mass is 15.1. The molecule has 1 N–H and O–H groups in total. The second-order valence-corrected chi connectivity index (χ2v) is 4.74. The standard InChI is InChI=1S/C16H17N3/c1-12-6-5-9-14(19-12)15(16-17-10-11-18-16)13-7-3-2-4-8-13/h2-9,15H,10-11H2,1H3,(H,17,18). The summed E-state index contributed by atoms with van der Waals surface area (Å²) in [6.07, 6.45) is 0. The van der Waals surface area contributed by atoms with E-state index in [0.29, 0.717) is 0 Å². The van der Waals surface area contributed by atoms with Gasteiger partial charge in [-0.05, 0) is 24.6 Å². The molecule has 1 atom stereocenters. The summed E-state index contributed by atoms with van der Waals surface area (Å²) in [5.74, 6) is 1.15. The minimum absolute atomic E-state index is 0.114. The van der Waals surface area contributed by atoms with Crippen LogP contribution in [0.15, 0.2) is 53.5 Å². The fourth-order valence-corrected chi connectivity index (χ4v) is 2.45. The van der Waals surface area contributed by atoms with Crippen LogP contribution in [-0.2, 0) is 0 Å². The van der Waals surface area contributed by atoms with Crippen molar-refractivity contribution in [3.8, 4) is 0 Å². The lowest BCUT2D eigenvalue weighted by Crippen LogP contribution is -2.27. The van der Waals surface area contributed by atoms with E-state index in [-0.39, 0.29) is 5.92 Å². The first-order valence-corrected chi connectivity index (χ1v) is 6.61. The average molecular weight is 251 g/mol. The first-order chi connectivity index (χ1) is 9.34. The number of aryl methyl sites for hydroxylation is 1. The molecule has 1 aromatic carbocycles. The molecule has 3 nitrogen and oxygen atoms in total. The highest BCUT2D eigenvalue weighted by molar-refractivity contribution is 5.92. The van der Waals surface area contributed by atoms with Gasteiger partial charge in [-0.15, -0.1) is 0 Å². The molecule has 2 heterocycles. The van der Waals surface area contributed by atoms with Crippen LogP contribution >= 0.6 is 0 Å². The molecule has 0 fully saturated rings. The molecule has 1 aromatic heterocycles. The van der Waals surface area contributed by atoms with Crippen LogP contribution in [0.3, 0.4) is 0 Å². The molecule has 19 heavy (non-hydrogen) atoms. The van der Waals surface area contributed by atoms with Gasteiger partial charge in [-0.1, -0.05) is 36.4 Å². The van der Waals surface area contributed by atoms with Gasteiger partial charge < -0.3 is 5.32 Å². The molecule has 3 rings (SSSR count). The van der Waals surface area contributed by atoms with E-state index in [1.807, 2.05) is 19.1 Å². The molecule has 0 bridgehead atoms. The summed E-state index contributed by atoms with van der Waals surface area (Å²) >= 11 is 0. The van der Waals surface area contributed by atoms with E-state index in [1.165, 1.54) is 5.56 Å². The largest absolute Gasteiger partial charge is 0.371 e. The molecule has 0 radical (unpaired) electrons. The van der Waals surface area contributed by atoms with E-state index in [9.17, 15) is 0 Å². The van der Waals surface area contributed by atoms with Gasteiger partial charge in [0.15, 0.2) is 0 Å². The summed E-state index contributed by atoms with van der Waals surface area (Å²) in [5.41, 5.74) is 3.32. The van der Waals surface area contributed by atoms with Crippen molar-refractivity contribution in [2.24, 2.45) is 4.99 Å². The average Bonchev–Trinajstić information content (AvgIpc) is 2.94. The smallest absolute Gasteiger partial charge is 0.110 e. The Balaban J connectivity index is 2.06. The van der Waals surface area contributed by atoms with Crippen molar-refractivity contribution in [1.82, 2.24) is 10.3 Å². The number of amidine groups is 1. The Morgan fingerprint density at radius 3 is 2.58 bits per heavy atom. The van der Waals surface area contributed by atoms with Crippen LogP contribution in [0.2, 0.25) is 0 Å². The summed E-state index contributed by atoms with van der Waals surface area (Å²) in [4.78, 5) is 9.26. The lowest BCUT2D eigenvalue weighted by Gasteiger charge is -2.18. The third-order valence-corrected chi connectivity index (χ3v) is 3.31. The van der Waals surface area contributed by atoms with Crippen molar-refractivity contribution in [3.63, 3.8) is 0 Å². The minimum Gasteiger partial charge on any atom is -0.371 e. The molecule has 0 saturated heterocycles. The van der Waals surface area contributed by atoms with Gasteiger partial charge in [0, 0.05) is 12.2 Å².